The van der Waals surface area contributed by atoms with E-state index in [0.29, 0.717) is 12.3 Å². The van der Waals surface area contributed by atoms with Crippen LogP contribution in [0.15, 0.2) is 33.6 Å². The highest BCUT2D eigenvalue weighted by Crippen LogP contribution is 2.23. The van der Waals surface area contributed by atoms with E-state index in [-0.39, 0.29) is 12.4 Å². The summed E-state index contributed by atoms with van der Waals surface area (Å²) in [5, 5.41) is 3.21. The zero-order chi connectivity index (χ0) is 15.8. The largest absolute Gasteiger partial charge is 0.343 e. The number of thioether (sulfide) groups is 1. The first-order valence-corrected chi connectivity index (χ1v) is 9.77. The van der Waals surface area contributed by atoms with Crippen molar-refractivity contribution in [3.8, 4) is 0 Å². The number of rotatable bonds is 7. The van der Waals surface area contributed by atoms with Crippen LogP contribution in [0, 0.1) is 5.92 Å². The van der Waals surface area contributed by atoms with E-state index in [2.05, 4.69) is 38.3 Å². The first-order valence-electron chi connectivity index (χ1n) is 8.00. The lowest BCUT2D eigenvalue weighted by atomic mass is 9.93. The second kappa shape index (κ2) is 11.3. The molecule has 0 unspecified atom stereocenters. The van der Waals surface area contributed by atoms with Crippen molar-refractivity contribution in [3.05, 3.63) is 28.7 Å². The van der Waals surface area contributed by atoms with Gasteiger partial charge in [-0.2, -0.15) is 0 Å². The average molecular weight is 422 g/mol. The number of benzene rings is 1. The summed E-state index contributed by atoms with van der Waals surface area (Å²) in [4.78, 5) is 15.5. The van der Waals surface area contributed by atoms with E-state index in [9.17, 15) is 4.79 Å². The van der Waals surface area contributed by atoms with Gasteiger partial charge in [0.1, 0.15) is 0 Å². The Morgan fingerprint density at radius 2 is 1.96 bits per heavy atom. The monoisotopic (exact) mass is 420 g/mol. The Labute approximate surface area is 158 Å². The molecular formula is C17H26BrClN2OS. The molecule has 0 aliphatic carbocycles. The molecule has 6 heteroatoms. The topological polar surface area (TPSA) is 32.3 Å². The summed E-state index contributed by atoms with van der Waals surface area (Å²) in [6, 6.07) is 8.26. The zero-order valence-electron chi connectivity index (χ0n) is 13.6. The maximum Gasteiger partial charge on any atom is 0.223 e. The van der Waals surface area contributed by atoms with Gasteiger partial charge in [-0.05, 0) is 63.0 Å². The highest BCUT2D eigenvalue weighted by molar-refractivity contribution is 9.10. The highest BCUT2D eigenvalue weighted by Gasteiger charge is 2.21. The number of likely N-dealkylation sites (tertiary alicyclic amines) is 1. The van der Waals surface area contributed by atoms with E-state index < -0.39 is 0 Å². The fourth-order valence-corrected chi connectivity index (χ4v) is 3.87. The molecule has 2 rings (SSSR count). The van der Waals surface area contributed by atoms with Crippen molar-refractivity contribution >= 4 is 46.0 Å². The van der Waals surface area contributed by atoms with Crippen molar-refractivity contribution in [2.75, 3.05) is 32.4 Å². The second-order valence-electron chi connectivity index (χ2n) is 5.77. The summed E-state index contributed by atoms with van der Waals surface area (Å²) in [5.41, 5.74) is 0. The van der Waals surface area contributed by atoms with Crippen molar-refractivity contribution in [1.82, 2.24) is 10.2 Å². The van der Waals surface area contributed by atoms with Crippen molar-refractivity contribution in [2.24, 2.45) is 5.92 Å². The lowest BCUT2D eigenvalue weighted by Crippen LogP contribution is -2.39. The first-order chi connectivity index (χ1) is 10.7. The summed E-state index contributed by atoms with van der Waals surface area (Å²) in [6.45, 7) is 2.97. The molecule has 130 valence electrons. The molecule has 1 saturated heterocycles. The number of halogens is 2. The smallest absolute Gasteiger partial charge is 0.223 e. The number of nitrogens with one attached hydrogen (secondary N) is 1. The van der Waals surface area contributed by atoms with Crippen LogP contribution in [-0.4, -0.2) is 43.2 Å². The number of amides is 1. The summed E-state index contributed by atoms with van der Waals surface area (Å²) in [6.07, 6.45) is 4.19. The van der Waals surface area contributed by atoms with E-state index in [1.165, 1.54) is 11.3 Å². The van der Waals surface area contributed by atoms with Gasteiger partial charge in [-0.1, -0.05) is 15.9 Å². The molecule has 1 N–H and O–H groups in total. The molecule has 0 aromatic heterocycles. The molecule has 1 heterocycles. The fraction of sp³-hybridized carbons (Fsp3) is 0.588. The van der Waals surface area contributed by atoms with Crippen LogP contribution in [0.5, 0.6) is 0 Å². The maximum atomic E-state index is 12.3. The van der Waals surface area contributed by atoms with Gasteiger partial charge in [-0.15, -0.1) is 24.2 Å². The zero-order valence-corrected chi connectivity index (χ0v) is 16.8. The third kappa shape index (κ3) is 7.46. The highest BCUT2D eigenvalue weighted by atomic mass is 79.9. The minimum atomic E-state index is 0. The predicted molar refractivity (Wildman–Crippen MR) is 105 cm³/mol. The number of hydrogen-bond acceptors (Lipinski definition) is 3. The SMILES string of the molecule is CNCCC1CCN(C(=O)CCSc2ccc(Br)cc2)CC1.Cl. The van der Waals surface area contributed by atoms with Crippen LogP contribution >= 0.6 is 40.1 Å². The lowest BCUT2D eigenvalue weighted by Gasteiger charge is -2.32. The summed E-state index contributed by atoms with van der Waals surface area (Å²) >= 11 is 5.19. The minimum Gasteiger partial charge on any atom is -0.343 e. The Bertz CT molecular complexity index is 464. The van der Waals surface area contributed by atoms with Crippen molar-refractivity contribution in [1.29, 1.82) is 0 Å². The van der Waals surface area contributed by atoms with Crippen LogP contribution < -0.4 is 5.32 Å². The molecule has 1 aromatic rings. The van der Waals surface area contributed by atoms with Gasteiger partial charge >= 0.3 is 0 Å². The molecule has 1 fully saturated rings. The Morgan fingerprint density at radius 1 is 1.30 bits per heavy atom. The number of carbonyl (C=O) groups excluding carboxylic acids is 1. The van der Waals surface area contributed by atoms with Gasteiger partial charge in [0.2, 0.25) is 5.91 Å². The molecule has 1 aromatic carbocycles. The Kier molecular flexibility index (Phi) is 10.3. The Morgan fingerprint density at radius 3 is 2.57 bits per heavy atom. The molecule has 0 radical (unpaired) electrons. The molecule has 1 aliphatic heterocycles. The number of nitrogens with zero attached hydrogens (tertiary/aromatic N) is 1. The standard InChI is InChI=1S/C17H25BrN2OS.ClH/c1-19-10-6-14-7-11-20(12-8-14)17(21)9-13-22-16-4-2-15(18)3-5-16;/h2-5,14,19H,6-13H2,1H3;1H. The number of piperidine rings is 1. The van der Waals surface area contributed by atoms with Crippen LogP contribution in [0.25, 0.3) is 0 Å². The fourth-order valence-electron chi connectivity index (χ4n) is 2.76. The van der Waals surface area contributed by atoms with Crippen molar-refractivity contribution in [3.63, 3.8) is 0 Å². The van der Waals surface area contributed by atoms with Crippen LogP contribution in [0.1, 0.15) is 25.7 Å². The van der Waals surface area contributed by atoms with Gasteiger partial charge in [-0.3, -0.25) is 4.79 Å². The third-order valence-electron chi connectivity index (χ3n) is 4.17. The number of hydrogen-bond donors (Lipinski definition) is 1. The van der Waals surface area contributed by atoms with Crippen LogP contribution in [0.3, 0.4) is 0 Å². The van der Waals surface area contributed by atoms with Gasteiger partial charge in [0, 0.05) is 34.6 Å². The summed E-state index contributed by atoms with van der Waals surface area (Å²) < 4.78 is 1.09. The minimum absolute atomic E-state index is 0. The quantitative estimate of drug-likeness (QED) is 0.670. The van der Waals surface area contributed by atoms with Crippen molar-refractivity contribution in [2.45, 2.75) is 30.6 Å². The first kappa shape index (κ1) is 20.8. The molecule has 1 aliphatic rings. The maximum absolute atomic E-state index is 12.3. The van der Waals surface area contributed by atoms with Crippen LogP contribution in [-0.2, 0) is 4.79 Å². The van der Waals surface area contributed by atoms with Gasteiger partial charge in [-0.25, -0.2) is 0 Å². The van der Waals surface area contributed by atoms with Gasteiger partial charge in [0.05, 0.1) is 0 Å². The molecule has 0 saturated carbocycles. The van der Waals surface area contributed by atoms with E-state index in [1.54, 1.807) is 11.8 Å². The van der Waals surface area contributed by atoms with E-state index in [4.69, 9.17) is 0 Å². The van der Waals surface area contributed by atoms with E-state index in [0.717, 1.165) is 48.6 Å². The molecular weight excluding hydrogens is 396 g/mol. The summed E-state index contributed by atoms with van der Waals surface area (Å²) in [5.74, 6) is 1.96. The molecule has 23 heavy (non-hydrogen) atoms. The van der Waals surface area contributed by atoms with Crippen LogP contribution in [0.2, 0.25) is 0 Å². The second-order valence-corrected chi connectivity index (χ2v) is 7.85. The molecule has 1 amide bonds. The van der Waals surface area contributed by atoms with Crippen LogP contribution in [0.4, 0.5) is 0 Å². The van der Waals surface area contributed by atoms with E-state index in [1.807, 2.05) is 19.2 Å². The Balaban J connectivity index is 0.00000264. The normalized spacial score (nSPS) is 15.3. The van der Waals surface area contributed by atoms with Gasteiger partial charge in [0.15, 0.2) is 0 Å². The average Bonchev–Trinajstić information content (AvgIpc) is 2.55. The number of carbonyl (C=O) groups is 1. The van der Waals surface area contributed by atoms with Gasteiger partial charge < -0.3 is 10.2 Å². The summed E-state index contributed by atoms with van der Waals surface area (Å²) in [7, 11) is 2.00. The molecule has 0 bridgehead atoms. The molecule has 0 atom stereocenters. The van der Waals surface area contributed by atoms with Gasteiger partial charge in [0.25, 0.3) is 0 Å². The van der Waals surface area contributed by atoms with Crippen molar-refractivity contribution < 1.29 is 4.79 Å². The van der Waals surface area contributed by atoms with E-state index >= 15 is 0 Å². The molecule has 0 spiro atoms. The third-order valence-corrected chi connectivity index (χ3v) is 5.71. The molecule has 3 nitrogen and oxygen atoms in total. The predicted octanol–water partition coefficient (Wildman–Crippen LogP) is 4.20. The Hall–Kier alpha value is -0.230. The lowest BCUT2D eigenvalue weighted by molar-refractivity contribution is -0.132.